The van der Waals surface area contributed by atoms with Crippen molar-refractivity contribution in [3.05, 3.63) is 96.4 Å². The number of carbonyl (C=O) groups is 1. The molecule has 0 fully saturated rings. The van der Waals surface area contributed by atoms with Crippen molar-refractivity contribution in [2.45, 2.75) is 0 Å². The van der Waals surface area contributed by atoms with Gasteiger partial charge in [-0.2, -0.15) is 5.10 Å². The number of aromatic nitrogens is 2. The normalized spacial score (nSPS) is 10.9. The zero-order valence-corrected chi connectivity index (χ0v) is 15.2. The highest BCUT2D eigenvalue weighted by Gasteiger charge is 2.06. The topological polar surface area (TPSA) is 64.1 Å². The number of halogens is 1. The highest BCUT2D eigenvalue weighted by molar-refractivity contribution is 6.01. The smallest absolute Gasteiger partial charge is 0.248 e. The second-order valence-corrected chi connectivity index (χ2v) is 6.24. The van der Waals surface area contributed by atoms with Crippen LogP contribution in [-0.2, 0) is 4.79 Å². The molecular formula is C23H16FN3O2. The molecule has 0 aliphatic rings. The van der Waals surface area contributed by atoms with Gasteiger partial charge in [0.15, 0.2) is 0 Å². The van der Waals surface area contributed by atoms with E-state index in [4.69, 9.17) is 4.74 Å². The molecule has 1 amide bonds. The van der Waals surface area contributed by atoms with Gasteiger partial charge in [0, 0.05) is 22.5 Å². The lowest BCUT2D eigenvalue weighted by molar-refractivity contribution is -0.111. The molecule has 6 heteroatoms. The van der Waals surface area contributed by atoms with Gasteiger partial charge in [0.2, 0.25) is 11.8 Å². The molecule has 0 unspecified atom stereocenters. The van der Waals surface area contributed by atoms with E-state index >= 15 is 0 Å². The molecule has 4 rings (SSSR count). The van der Waals surface area contributed by atoms with Gasteiger partial charge in [0.1, 0.15) is 11.6 Å². The van der Waals surface area contributed by atoms with Gasteiger partial charge in [-0.3, -0.25) is 4.79 Å². The van der Waals surface area contributed by atoms with E-state index in [1.165, 1.54) is 18.2 Å². The molecule has 1 aromatic heterocycles. The summed E-state index contributed by atoms with van der Waals surface area (Å²) in [5.41, 5.74) is 1.22. The molecule has 29 heavy (non-hydrogen) atoms. The number of carbonyl (C=O) groups excluding carboxylic acids is 1. The fourth-order valence-corrected chi connectivity index (χ4v) is 2.76. The Hall–Kier alpha value is -4.06. The largest absolute Gasteiger partial charge is 0.437 e. The molecule has 0 saturated heterocycles. The predicted octanol–water partition coefficient (Wildman–Crippen LogP) is 5.21. The molecule has 0 spiro atoms. The van der Waals surface area contributed by atoms with Gasteiger partial charge in [-0.15, -0.1) is 5.10 Å². The van der Waals surface area contributed by atoms with Crippen LogP contribution in [0.1, 0.15) is 5.56 Å². The van der Waals surface area contributed by atoms with Crippen LogP contribution in [0.3, 0.4) is 0 Å². The van der Waals surface area contributed by atoms with Crippen molar-refractivity contribution in [1.29, 1.82) is 0 Å². The summed E-state index contributed by atoms with van der Waals surface area (Å²) in [6.07, 6.45) is 4.58. The first kappa shape index (κ1) is 18.3. The van der Waals surface area contributed by atoms with Crippen LogP contribution in [0, 0.1) is 5.82 Å². The SMILES string of the molecule is O=C(/C=C/c1cccc(F)c1)Nc1ccc(Oc2nncc3ccccc23)cc1. The van der Waals surface area contributed by atoms with E-state index in [-0.39, 0.29) is 11.7 Å². The molecule has 3 aromatic carbocycles. The minimum Gasteiger partial charge on any atom is -0.437 e. The van der Waals surface area contributed by atoms with Crippen LogP contribution < -0.4 is 10.1 Å². The maximum absolute atomic E-state index is 13.2. The van der Waals surface area contributed by atoms with Crippen LogP contribution in [0.25, 0.3) is 16.8 Å². The minimum atomic E-state index is -0.348. The van der Waals surface area contributed by atoms with Crippen molar-refractivity contribution in [2.75, 3.05) is 5.32 Å². The molecule has 0 radical (unpaired) electrons. The van der Waals surface area contributed by atoms with E-state index in [0.717, 1.165) is 10.8 Å². The Bertz CT molecular complexity index is 1180. The third-order valence-electron chi connectivity index (χ3n) is 4.15. The van der Waals surface area contributed by atoms with Crippen molar-refractivity contribution >= 4 is 28.4 Å². The number of hydrogen-bond donors (Lipinski definition) is 1. The first-order valence-electron chi connectivity index (χ1n) is 8.90. The Morgan fingerprint density at radius 1 is 1.00 bits per heavy atom. The first-order valence-corrected chi connectivity index (χ1v) is 8.90. The van der Waals surface area contributed by atoms with Crippen LogP contribution in [0.5, 0.6) is 11.6 Å². The lowest BCUT2D eigenvalue weighted by atomic mass is 10.2. The summed E-state index contributed by atoms with van der Waals surface area (Å²) in [5, 5.41) is 12.6. The number of fused-ring (bicyclic) bond motifs is 1. The van der Waals surface area contributed by atoms with Crippen LogP contribution >= 0.6 is 0 Å². The zero-order valence-electron chi connectivity index (χ0n) is 15.2. The number of amides is 1. The van der Waals surface area contributed by atoms with E-state index in [9.17, 15) is 9.18 Å². The summed E-state index contributed by atoms with van der Waals surface area (Å²) in [7, 11) is 0. The number of hydrogen-bond acceptors (Lipinski definition) is 4. The number of anilines is 1. The van der Waals surface area contributed by atoms with Crippen molar-refractivity contribution < 1.29 is 13.9 Å². The molecule has 1 heterocycles. The van der Waals surface area contributed by atoms with Crippen LogP contribution in [0.15, 0.2) is 85.1 Å². The van der Waals surface area contributed by atoms with E-state index in [0.29, 0.717) is 22.9 Å². The Balaban J connectivity index is 1.42. The number of nitrogens with one attached hydrogen (secondary N) is 1. The van der Waals surface area contributed by atoms with E-state index in [1.54, 1.807) is 48.7 Å². The van der Waals surface area contributed by atoms with Crippen LogP contribution in [0.4, 0.5) is 10.1 Å². The average molecular weight is 385 g/mol. The van der Waals surface area contributed by atoms with Crippen molar-refractivity contribution in [3.63, 3.8) is 0 Å². The van der Waals surface area contributed by atoms with Crippen molar-refractivity contribution in [1.82, 2.24) is 10.2 Å². The standard InChI is InChI=1S/C23H16FN3O2/c24-18-6-3-4-16(14-18)8-13-22(28)26-19-9-11-20(12-10-19)29-23-21-7-2-1-5-17(21)15-25-27-23/h1-15H,(H,26,28)/b13-8+. The number of rotatable bonds is 5. The average Bonchev–Trinajstić information content (AvgIpc) is 2.74. The van der Waals surface area contributed by atoms with Gasteiger partial charge in [-0.05, 0) is 54.1 Å². The predicted molar refractivity (Wildman–Crippen MR) is 110 cm³/mol. The molecule has 0 atom stereocenters. The Kier molecular flexibility index (Phi) is 5.25. The summed E-state index contributed by atoms with van der Waals surface area (Å²) in [4.78, 5) is 12.1. The van der Waals surface area contributed by atoms with Gasteiger partial charge in [-0.25, -0.2) is 4.39 Å². The molecule has 5 nitrogen and oxygen atoms in total. The molecule has 0 bridgehead atoms. The van der Waals surface area contributed by atoms with Gasteiger partial charge in [0.05, 0.1) is 6.20 Å². The first-order chi connectivity index (χ1) is 14.2. The summed E-state index contributed by atoms with van der Waals surface area (Å²) in [6.45, 7) is 0. The van der Waals surface area contributed by atoms with E-state index < -0.39 is 0 Å². The lowest BCUT2D eigenvalue weighted by Gasteiger charge is -2.08. The molecule has 0 saturated carbocycles. The molecule has 4 aromatic rings. The quantitative estimate of drug-likeness (QED) is 0.479. The monoisotopic (exact) mass is 385 g/mol. The number of benzene rings is 3. The zero-order chi connectivity index (χ0) is 20.1. The van der Waals surface area contributed by atoms with Gasteiger partial charge < -0.3 is 10.1 Å². The van der Waals surface area contributed by atoms with Crippen LogP contribution in [0.2, 0.25) is 0 Å². The molecule has 0 aliphatic carbocycles. The second kappa shape index (κ2) is 8.31. The number of ether oxygens (including phenoxy) is 1. The Labute approximate surface area is 166 Å². The molecule has 142 valence electrons. The summed E-state index contributed by atoms with van der Waals surface area (Å²) in [5.74, 6) is 0.323. The van der Waals surface area contributed by atoms with Gasteiger partial charge in [-0.1, -0.05) is 30.3 Å². The third kappa shape index (κ3) is 4.62. The Morgan fingerprint density at radius 3 is 2.66 bits per heavy atom. The summed E-state index contributed by atoms with van der Waals surface area (Å²) < 4.78 is 19.0. The molecular weight excluding hydrogens is 369 g/mol. The molecule has 0 aliphatic heterocycles. The minimum absolute atomic E-state index is 0.317. The van der Waals surface area contributed by atoms with Crippen molar-refractivity contribution in [2.24, 2.45) is 0 Å². The fourth-order valence-electron chi connectivity index (χ4n) is 2.76. The second-order valence-electron chi connectivity index (χ2n) is 6.24. The van der Waals surface area contributed by atoms with Crippen LogP contribution in [-0.4, -0.2) is 16.1 Å². The highest BCUT2D eigenvalue weighted by atomic mass is 19.1. The Morgan fingerprint density at radius 2 is 1.83 bits per heavy atom. The third-order valence-corrected chi connectivity index (χ3v) is 4.15. The van der Waals surface area contributed by atoms with E-state index in [1.807, 2.05) is 24.3 Å². The summed E-state index contributed by atoms with van der Waals surface area (Å²) in [6, 6.07) is 20.6. The van der Waals surface area contributed by atoms with E-state index in [2.05, 4.69) is 15.5 Å². The molecule has 1 N–H and O–H groups in total. The van der Waals surface area contributed by atoms with Gasteiger partial charge in [0.25, 0.3) is 0 Å². The number of nitrogens with zero attached hydrogens (tertiary/aromatic N) is 2. The maximum Gasteiger partial charge on any atom is 0.248 e. The highest BCUT2D eigenvalue weighted by Crippen LogP contribution is 2.27. The van der Waals surface area contributed by atoms with Gasteiger partial charge >= 0.3 is 0 Å². The summed E-state index contributed by atoms with van der Waals surface area (Å²) >= 11 is 0. The maximum atomic E-state index is 13.2. The van der Waals surface area contributed by atoms with Crippen molar-refractivity contribution in [3.8, 4) is 11.6 Å². The lowest BCUT2D eigenvalue weighted by Crippen LogP contribution is -2.07. The fraction of sp³-hybridized carbons (Fsp3) is 0.